The van der Waals surface area contributed by atoms with Gasteiger partial charge in [0.25, 0.3) is 0 Å². The van der Waals surface area contributed by atoms with E-state index in [2.05, 4.69) is 9.47 Å². The minimum absolute atomic E-state index is 0.331. The number of hydrogen-bond donors (Lipinski definition) is 0. The fourth-order valence-corrected chi connectivity index (χ4v) is 3.40. The molecule has 1 saturated heterocycles. The third-order valence-corrected chi connectivity index (χ3v) is 4.67. The van der Waals surface area contributed by atoms with Crippen molar-refractivity contribution in [2.45, 2.75) is 29.8 Å². The Morgan fingerprint density at radius 3 is 1.57 bits per heavy atom. The second-order valence-corrected chi connectivity index (χ2v) is 6.20. The summed E-state index contributed by atoms with van der Waals surface area (Å²) < 4.78 is 94.7. The summed E-state index contributed by atoms with van der Waals surface area (Å²) in [5.41, 5.74) is -1.09. The number of ether oxygens (including phenoxy) is 3. The Morgan fingerprint density at radius 2 is 1.25 bits per heavy atom. The van der Waals surface area contributed by atoms with Crippen molar-refractivity contribution in [2.75, 3.05) is 13.7 Å². The van der Waals surface area contributed by atoms with E-state index in [4.69, 9.17) is 4.74 Å². The predicted octanol–water partition coefficient (Wildman–Crippen LogP) is 4.81. The lowest BCUT2D eigenvalue weighted by atomic mass is 9.81. The molecule has 0 N–H and O–H groups in total. The van der Waals surface area contributed by atoms with Gasteiger partial charge < -0.3 is 14.2 Å². The summed E-state index contributed by atoms with van der Waals surface area (Å²) in [6, 6.07) is 15.9. The van der Waals surface area contributed by atoms with Crippen molar-refractivity contribution >= 4 is 0 Å². The van der Waals surface area contributed by atoms with Gasteiger partial charge in [-0.2, -0.15) is 26.3 Å². The number of hydrogen-bond acceptors (Lipinski definition) is 3. The fraction of sp³-hybridized carbons (Fsp3) is 0.368. The van der Waals surface area contributed by atoms with E-state index in [1.807, 2.05) is 0 Å². The van der Waals surface area contributed by atoms with Crippen molar-refractivity contribution in [1.82, 2.24) is 0 Å². The van der Waals surface area contributed by atoms with Gasteiger partial charge in [0, 0.05) is 7.11 Å². The van der Waals surface area contributed by atoms with Crippen molar-refractivity contribution < 1.29 is 40.6 Å². The van der Waals surface area contributed by atoms with Crippen LogP contribution in [0.1, 0.15) is 11.1 Å². The van der Waals surface area contributed by atoms with E-state index < -0.39 is 36.5 Å². The largest absolute Gasteiger partial charge is 0.453 e. The third kappa shape index (κ3) is 3.07. The molecule has 152 valence electrons. The topological polar surface area (TPSA) is 27.7 Å². The number of benzene rings is 2. The number of rotatable bonds is 4. The van der Waals surface area contributed by atoms with Crippen LogP contribution >= 0.6 is 0 Å². The molecule has 1 unspecified atom stereocenters. The van der Waals surface area contributed by atoms with Crippen LogP contribution in [0.3, 0.4) is 0 Å². The second kappa shape index (κ2) is 7.06. The molecule has 0 amide bonds. The quantitative estimate of drug-likeness (QED) is 0.682. The summed E-state index contributed by atoms with van der Waals surface area (Å²) in [6.07, 6.45) is -13.4. The monoisotopic (exact) mass is 406 g/mol. The highest BCUT2D eigenvalue weighted by Crippen LogP contribution is 2.53. The molecule has 3 nitrogen and oxygen atoms in total. The molecule has 1 heterocycles. The molecule has 2 aromatic carbocycles. The smallest absolute Gasteiger partial charge is 0.366 e. The van der Waals surface area contributed by atoms with Crippen LogP contribution in [-0.4, -0.2) is 38.0 Å². The SMILES string of the molecule is COC(c1ccccc1)(c1ccccc1)C1COC(C(F)(F)F)(C(F)(F)F)O1. The average molecular weight is 406 g/mol. The summed E-state index contributed by atoms with van der Waals surface area (Å²) in [6.45, 7) is -0.976. The van der Waals surface area contributed by atoms with Gasteiger partial charge in [0.1, 0.15) is 11.7 Å². The Morgan fingerprint density at radius 1 is 0.821 bits per heavy atom. The molecular formula is C19H16F6O3. The Balaban J connectivity index is 2.16. The Hall–Kier alpha value is -2.10. The summed E-state index contributed by atoms with van der Waals surface area (Å²) in [5.74, 6) is -4.72. The van der Waals surface area contributed by atoms with Crippen LogP contribution in [0.2, 0.25) is 0 Å². The molecule has 0 aromatic heterocycles. The lowest BCUT2D eigenvalue weighted by Gasteiger charge is -2.39. The van der Waals surface area contributed by atoms with E-state index in [9.17, 15) is 26.3 Å². The minimum atomic E-state index is -5.83. The highest BCUT2D eigenvalue weighted by atomic mass is 19.4. The van der Waals surface area contributed by atoms with Gasteiger partial charge in [-0.25, -0.2) is 0 Å². The Labute approximate surface area is 156 Å². The zero-order valence-electron chi connectivity index (χ0n) is 14.6. The van der Waals surface area contributed by atoms with Crippen LogP contribution in [0.4, 0.5) is 26.3 Å². The molecule has 0 spiro atoms. The van der Waals surface area contributed by atoms with Crippen molar-refractivity contribution in [1.29, 1.82) is 0 Å². The van der Waals surface area contributed by atoms with Crippen LogP contribution < -0.4 is 0 Å². The van der Waals surface area contributed by atoms with Gasteiger partial charge in [0.15, 0.2) is 0 Å². The summed E-state index contributed by atoms with van der Waals surface area (Å²) in [5, 5.41) is 0. The average Bonchev–Trinajstić information content (AvgIpc) is 3.12. The Bertz CT molecular complexity index is 735. The van der Waals surface area contributed by atoms with E-state index in [1.54, 1.807) is 60.7 Å². The molecule has 9 heteroatoms. The predicted molar refractivity (Wildman–Crippen MR) is 86.3 cm³/mol. The molecule has 1 fully saturated rings. The van der Waals surface area contributed by atoms with Crippen LogP contribution in [0, 0.1) is 0 Å². The lowest BCUT2D eigenvalue weighted by molar-refractivity contribution is -0.445. The number of alkyl halides is 6. The molecule has 0 bridgehead atoms. The van der Waals surface area contributed by atoms with E-state index in [0.29, 0.717) is 11.1 Å². The van der Waals surface area contributed by atoms with Crippen molar-refractivity contribution in [3.8, 4) is 0 Å². The second-order valence-electron chi connectivity index (χ2n) is 6.20. The van der Waals surface area contributed by atoms with Crippen LogP contribution in [0.15, 0.2) is 60.7 Å². The molecule has 1 aliphatic rings. The lowest BCUT2D eigenvalue weighted by Crippen LogP contribution is -2.59. The van der Waals surface area contributed by atoms with Gasteiger partial charge in [-0.15, -0.1) is 0 Å². The zero-order chi connectivity index (χ0) is 20.6. The van der Waals surface area contributed by atoms with E-state index in [-0.39, 0.29) is 0 Å². The summed E-state index contributed by atoms with van der Waals surface area (Å²) in [7, 11) is 1.20. The maximum absolute atomic E-state index is 13.4. The molecule has 0 aliphatic carbocycles. The molecule has 1 atom stereocenters. The maximum atomic E-state index is 13.4. The van der Waals surface area contributed by atoms with Crippen LogP contribution in [0.25, 0.3) is 0 Å². The molecule has 1 aliphatic heterocycles. The standard InChI is InChI=1S/C19H16F6O3/c1-26-16(13-8-4-2-5-9-13,14-10-6-3-7-11-14)15-12-27-17(28-15,18(20,21)22)19(23,24)25/h2-11,15H,12H2,1H3. The van der Waals surface area contributed by atoms with Crippen LogP contribution in [0.5, 0.6) is 0 Å². The fourth-order valence-electron chi connectivity index (χ4n) is 3.40. The highest BCUT2D eigenvalue weighted by Gasteiger charge is 2.78. The van der Waals surface area contributed by atoms with Gasteiger partial charge in [-0.3, -0.25) is 0 Å². The van der Waals surface area contributed by atoms with Crippen molar-refractivity contribution in [2.24, 2.45) is 0 Å². The molecule has 3 rings (SSSR count). The first-order chi connectivity index (χ1) is 13.1. The van der Waals surface area contributed by atoms with Crippen molar-refractivity contribution in [3.05, 3.63) is 71.8 Å². The molecule has 28 heavy (non-hydrogen) atoms. The first kappa shape index (κ1) is 20.6. The van der Waals surface area contributed by atoms with Gasteiger partial charge in [0.05, 0.1) is 6.61 Å². The first-order valence-electron chi connectivity index (χ1n) is 8.20. The Kier molecular flexibility index (Phi) is 5.20. The highest BCUT2D eigenvalue weighted by molar-refractivity contribution is 5.38. The normalized spacial score (nSPS) is 20.3. The van der Waals surface area contributed by atoms with E-state index >= 15 is 0 Å². The molecule has 2 aromatic rings. The molecule has 0 radical (unpaired) electrons. The van der Waals surface area contributed by atoms with Crippen LogP contribution in [-0.2, 0) is 19.8 Å². The van der Waals surface area contributed by atoms with Gasteiger partial charge in [0.2, 0.25) is 0 Å². The van der Waals surface area contributed by atoms with E-state index in [0.717, 1.165) is 0 Å². The summed E-state index contributed by atoms with van der Waals surface area (Å²) >= 11 is 0. The minimum Gasteiger partial charge on any atom is -0.366 e. The molecule has 0 saturated carbocycles. The van der Waals surface area contributed by atoms with Gasteiger partial charge in [-0.1, -0.05) is 60.7 Å². The molecular weight excluding hydrogens is 390 g/mol. The first-order valence-corrected chi connectivity index (χ1v) is 8.20. The van der Waals surface area contributed by atoms with E-state index in [1.165, 1.54) is 7.11 Å². The zero-order valence-corrected chi connectivity index (χ0v) is 14.6. The third-order valence-electron chi connectivity index (χ3n) is 4.67. The van der Waals surface area contributed by atoms with Gasteiger partial charge in [-0.05, 0) is 11.1 Å². The van der Waals surface area contributed by atoms with Crippen molar-refractivity contribution in [3.63, 3.8) is 0 Å². The summed E-state index contributed by atoms with van der Waals surface area (Å²) in [4.78, 5) is 0. The number of methoxy groups -OCH3 is 1. The van der Waals surface area contributed by atoms with Gasteiger partial charge >= 0.3 is 18.1 Å². The number of halogens is 6. The maximum Gasteiger partial charge on any atom is 0.453 e.